The Kier molecular flexibility index (Phi) is 9.49. The van der Waals surface area contributed by atoms with Crippen molar-refractivity contribution in [1.82, 2.24) is 19.5 Å². The molecule has 10 nitrogen and oxygen atoms in total. The molecule has 0 radical (unpaired) electrons. The zero-order valence-electron chi connectivity index (χ0n) is 26.1. The van der Waals surface area contributed by atoms with E-state index in [9.17, 15) is 18.0 Å². The van der Waals surface area contributed by atoms with E-state index in [2.05, 4.69) is 20.3 Å². The number of carbonyl (C=O) groups is 1. The molecule has 3 aromatic heterocycles. The number of anilines is 1. The molecule has 1 N–H and O–H groups in total. The number of aryl methyl sites for hydroxylation is 1. The number of halogens is 4. The van der Waals surface area contributed by atoms with E-state index in [1.165, 1.54) is 36.1 Å². The van der Waals surface area contributed by atoms with Crippen LogP contribution in [0.1, 0.15) is 31.9 Å². The van der Waals surface area contributed by atoms with Crippen LogP contribution in [0.15, 0.2) is 67.1 Å². The third-order valence-electron chi connectivity index (χ3n) is 6.72. The van der Waals surface area contributed by atoms with Crippen molar-refractivity contribution >= 4 is 22.8 Å². The van der Waals surface area contributed by atoms with Gasteiger partial charge < -0.3 is 23.5 Å². The maximum atomic E-state index is 15.6. The number of hydrogen-bond donors (Lipinski definition) is 1. The normalized spacial score (nSPS) is 12.2. The Morgan fingerprint density at radius 3 is 2.40 bits per heavy atom. The number of ether oxygens (including phenoxy) is 4. The first kappa shape index (κ1) is 33.0. The van der Waals surface area contributed by atoms with Crippen molar-refractivity contribution in [3.8, 4) is 34.5 Å². The van der Waals surface area contributed by atoms with Crippen molar-refractivity contribution in [1.29, 1.82) is 0 Å². The number of pyridine rings is 1. The molecule has 0 fully saturated rings. The van der Waals surface area contributed by atoms with Gasteiger partial charge in [-0.15, -0.1) is 0 Å². The Bertz CT molecular complexity index is 1900. The maximum absolute atomic E-state index is 15.6. The van der Waals surface area contributed by atoms with Gasteiger partial charge in [0.1, 0.15) is 35.5 Å². The van der Waals surface area contributed by atoms with Crippen LogP contribution in [0.2, 0.25) is 0 Å². The van der Waals surface area contributed by atoms with Crippen molar-refractivity contribution in [2.24, 2.45) is 0 Å². The number of amides is 1. The van der Waals surface area contributed by atoms with Crippen molar-refractivity contribution in [2.45, 2.75) is 52.7 Å². The molecule has 0 aliphatic rings. The van der Waals surface area contributed by atoms with Crippen LogP contribution in [0.3, 0.4) is 0 Å². The zero-order chi connectivity index (χ0) is 33.9. The van der Waals surface area contributed by atoms with Gasteiger partial charge in [0.15, 0.2) is 11.6 Å². The van der Waals surface area contributed by atoms with Gasteiger partial charge >= 0.3 is 12.5 Å². The number of carbonyl (C=O) groups excluding carboxylic acids is 1. The highest BCUT2D eigenvalue weighted by Crippen LogP contribution is 2.42. The number of fused-ring (bicyclic) bond motifs is 1. The fraction of sp³-hybridized carbons (Fsp3) is 0.273. The fourth-order valence-electron chi connectivity index (χ4n) is 4.77. The van der Waals surface area contributed by atoms with Gasteiger partial charge in [0.2, 0.25) is 5.88 Å². The molecular weight excluding hydrogens is 622 g/mol. The molecule has 47 heavy (non-hydrogen) atoms. The van der Waals surface area contributed by atoms with Crippen LogP contribution in [0, 0.1) is 12.7 Å². The van der Waals surface area contributed by atoms with E-state index in [-0.39, 0.29) is 51.9 Å². The molecule has 1 amide bonds. The summed E-state index contributed by atoms with van der Waals surface area (Å²) in [4.78, 5) is 25.1. The number of aromatic nitrogens is 4. The summed E-state index contributed by atoms with van der Waals surface area (Å²) in [5.74, 6) is -1.13. The van der Waals surface area contributed by atoms with Gasteiger partial charge in [-0.3, -0.25) is 5.32 Å². The van der Waals surface area contributed by atoms with Gasteiger partial charge in [-0.1, -0.05) is 30.3 Å². The van der Waals surface area contributed by atoms with Gasteiger partial charge in [-0.25, -0.2) is 27.9 Å². The summed E-state index contributed by atoms with van der Waals surface area (Å²) in [6.07, 6.45) is -4.80. The standard InChI is InChI=1S/C33H31F4N5O5/c1-18-25-28(31(40-17-39-25)46-30(37)29(35)36)42(21-11-12-23(22(34)14-21)45-16-19-9-7-6-8-10-19)27(18)26-24(44-5)13-20(15-38-26)41-32(43)47-33(2,3)4/h6-15,17,29-30H,16H2,1-5H3,(H,41,43). The third kappa shape index (κ3) is 7.37. The molecule has 1 atom stereocenters. The van der Waals surface area contributed by atoms with Crippen LogP contribution in [0.4, 0.5) is 28.0 Å². The Hall–Kier alpha value is -5.40. The van der Waals surface area contributed by atoms with Crippen molar-refractivity contribution in [3.63, 3.8) is 0 Å². The van der Waals surface area contributed by atoms with Crippen molar-refractivity contribution < 1.29 is 41.3 Å². The largest absolute Gasteiger partial charge is 0.494 e. The maximum Gasteiger partial charge on any atom is 0.412 e. The van der Waals surface area contributed by atoms with E-state index in [1.54, 1.807) is 27.7 Å². The Balaban J connectivity index is 1.65. The third-order valence-corrected chi connectivity index (χ3v) is 6.72. The second-order valence-electron chi connectivity index (χ2n) is 11.3. The highest BCUT2D eigenvalue weighted by Gasteiger charge is 2.29. The molecule has 0 saturated heterocycles. The van der Waals surface area contributed by atoms with Gasteiger partial charge in [-0.05, 0) is 45.4 Å². The number of nitrogens with zero attached hydrogens (tertiary/aromatic N) is 4. The summed E-state index contributed by atoms with van der Waals surface area (Å²) in [5, 5.41) is 2.59. The average Bonchev–Trinajstić information content (AvgIpc) is 3.32. The first-order valence-corrected chi connectivity index (χ1v) is 14.3. The van der Waals surface area contributed by atoms with E-state index < -0.39 is 36.2 Å². The summed E-state index contributed by atoms with van der Waals surface area (Å²) in [5.41, 5.74) is 1.55. The SMILES string of the molecule is COc1cc(NC(=O)OC(C)(C)C)cnc1-c1c(C)c2ncnc(OC(F)C(F)F)c2n1-c1ccc(OCc2ccccc2)c(F)c1. The van der Waals surface area contributed by atoms with Gasteiger partial charge in [0.05, 0.1) is 30.2 Å². The highest BCUT2D eigenvalue weighted by molar-refractivity contribution is 5.94. The molecule has 0 saturated carbocycles. The molecule has 14 heteroatoms. The van der Waals surface area contributed by atoms with Crippen LogP contribution >= 0.6 is 0 Å². The number of benzene rings is 2. The van der Waals surface area contributed by atoms with Crippen LogP contribution in [0.5, 0.6) is 17.4 Å². The van der Waals surface area contributed by atoms with E-state index in [0.717, 1.165) is 18.0 Å². The lowest BCUT2D eigenvalue weighted by Crippen LogP contribution is -2.27. The summed E-state index contributed by atoms with van der Waals surface area (Å²) in [7, 11) is 1.38. The average molecular weight is 654 g/mol. The smallest absolute Gasteiger partial charge is 0.412 e. The lowest BCUT2D eigenvalue weighted by molar-refractivity contribution is -0.0683. The predicted molar refractivity (Wildman–Crippen MR) is 166 cm³/mol. The van der Waals surface area contributed by atoms with Crippen molar-refractivity contribution in [2.75, 3.05) is 12.4 Å². The topological polar surface area (TPSA) is 110 Å². The number of alkyl halides is 3. The first-order chi connectivity index (χ1) is 22.4. The number of nitrogens with one attached hydrogen (secondary N) is 1. The Morgan fingerprint density at radius 2 is 1.74 bits per heavy atom. The van der Waals surface area contributed by atoms with E-state index in [1.807, 2.05) is 30.3 Å². The van der Waals surface area contributed by atoms with Gasteiger partial charge in [-0.2, -0.15) is 9.37 Å². The number of rotatable bonds is 10. The summed E-state index contributed by atoms with van der Waals surface area (Å²) >= 11 is 0. The minimum absolute atomic E-state index is 0.0273. The molecule has 0 spiro atoms. The summed E-state index contributed by atoms with van der Waals surface area (Å²) < 4.78 is 79.2. The van der Waals surface area contributed by atoms with E-state index >= 15 is 4.39 Å². The second-order valence-corrected chi connectivity index (χ2v) is 11.3. The molecule has 5 rings (SSSR count). The lowest BCUT2D eigenvalue weighted by Gasteiger charge is -2.20. The highest BCUT2D eigenvalue weighted by atomic mass is 19.3. The molecular formula is C33H31F4N5O5. The fourth-order valence-corrected chi connectivity index (χ4v) is 4.77. The summed E-state index contributed by atoms with van der Waals surface area (Å²) in [6, 6.07) is 14.8. The molecule has 0 aliphatic carbocycles. The van der Waals surface area contributed by atoms with E-state index in [0.29, 0.717) is 5.56 Å². The van der Waals surface area contributed by atoms with Crippen LogP contribution in [-0.4, -0.2) is 51.1 Å². The second kappa shape index (κ2) is 13.5. The van der Waals surface area contributed by atoms with Crippen LogP contribution in [-0.2, 0) is 11.3 Å². The molecule has 3 heterocycles. The van der Waals surface area contributed by atoms with Gasteiger partial charge in [0.25, 0.3) is 6.36 Å². The number of methoxy groups -OCH3 is 1. The molecule has 0 aliphatic heterocycles. The minimum Gasteiger partial charge on any atom is -0.494 e. The monoisotopic (exact) mass is 653 g/mol. The number of hydrogen-bond acceptors (Lipinski definition) is 8. The van der Waals surface area contributed by atoms with Crippen LogP contribution < -0.4 is 19.5 Å². The Labute approximate surface area is 267 Å². The van der Waals surface area contributed by atoms with Gasteiger partial charge in [0, 0.05) is 23.4 Å². The molecule has 246 valence electrons. The predicted octanol–water partition coefficient (Wildman–Crippen LogP) is 7.80. The quantitative estimate of drug-likeness (QED) is 0.152. The zero-order valence-corrected chi connectivity index (χ0v) is 26.1. The first-order valence-electron chi connectivity index (χ1n) is 14.3. The molecule has 2 aromatic carbocycles. The molecule has 0 bridgehead atoms. The minimum atomic E-state index is -3.46. The summed E-state index contributed by atoms with van der Waals surface area (Å²) in [6.45, 7) is 6.92. The van der Waals surface area contributed by atoms with E-state index in [4.69, 9.17) is 18.9 Å². The lowest BCUT2D eigenvalue weighted by atomic mass is 10.1. The van der Waals surface area contributed by atoms with Crippen molar-refractivity contribution in [3.05, 3.63) is 84.1 Å². The molecule has 1 unspecified atom stereocenters. The molecule has 5 aromatic rings. The van der Waals surface area contributed by atoms with Crippen LogP contribution in [0.25, 0.3) is 28.1 Å². The Morgan fingerprint density at radius 1 is 1.00 bits per heavy atom.